The number of rotatable bonds is 13. The van der Waals surface area contributed by atoms with E-state index in [2.05, 4.69) is 0 Å². The van der Waals surface area contributed by atoms with Crippen molar-refractivity contribution in [1.29, 1.82) is 0 Å². The van der Waals surface area contributed by atoms with Crippen LogP contribution in [-0.2, 0) is 44.4 Å². The first-order valence-electron chi connectivity index (χ1n) is 10.7. The van der Waals surface area contributed by atoms with Gasteiger partial charge in [0.05, 0.1) is 9.79 Å². The molecule has 1 N–H and O–H groups in total. The van der Waals surface area contributed by atoms with Crippen molar-refractivity contribution in [2.45, 2.75) is 49.3 Å². The van der Waals surface area contributed by atoms with Crippen molar-refractivity contribution in [3.8, 4) is 0 Å². The predicted molar refractivity (Wildman–Crippen MR) is 122 cm³/mol. The quantitative estimate of drug-likeness (QED) is 0.174. The molecule has 2 aromatic rings. The van der Waals surface area contributed by atoms with Gasteiger partial charge >= 0.3 is 34.6 Å². The summed E-state index contributed by atoms with van der Waals surface area (Å²) in [5, 5.41) is -18.6. The van der Waals surface area contributed by atoms with E-state index >= 15 is 0 Å². The second-order valence-corrected chi connectivity index (χ2v) is 16.5. The first-order valence-corrected chi connectivity index (χ1v) is 17.0. The van der Waals surface area contributed by atoms with Gasteiger partial charge in [-0.3, -0.25) is 4.55 Å². The number of sulfone groups is 3. The fourth-order valence-corrected chi connectivity index (χ4v) is 8.59. The van der Waals surface area contributed by atoms with E-state index in [4.69, 9.17) is 4.55 Å². The zero-order valence-electron chi connectivity index (χ0n) is 21.3. The minimum atomic E-state index is -8.10. The van der Waals surface area contributed by atoms with E-state index in [-0.39, 0.29) is 30.3 Å². The van der Waals surface area contributed by atoms with Crippen molar-refractivity contribution in [1.82, 2.24) is 0 Å². The molecule has 0 saturated heterocycles. The van der Waals surface area contributed by atoms with Crippen LogP contribution in [0.5, 0.6) is 0 Å². The Bertz CT molecular complexity index is 1980. The summed E-state index contributed by atoms with van der Waals surface area (Å²) in [4.78, 5) is -5.36. The normalized spacial score (nSPS) is 15.1. The van der Waals surface area contributed by atoms with Gasteiger partial charge in [-0.05, 0) is 36.4 Å². The molecule has 28 heteroatoms. The van der Waals surface area contributed by atoms with Crippen LogP contribution in [0.25, 0.3) is 0 Å². The number of ether oxygens (including phenoxy) is 1. The molecule has 0 aromatic heterocycles. The summed E-state index contributed by atoms with van der Waals surface area (Å²) in [6.07, 6.45) is -16.1. The Kier molecular flexibility index (Phi) is 10.0. The molecule has 0 aliphatic rings. The maximum absolute atomic E-state index is 14.3. The standard InChI is InChI=1S/C19H10F14O10S4/c20-9-1-6-13(12(21)7-9)46(38,39)19(32,33)15(24,25)17(28,29)43-16(26,27)14(22,23)18(30,31)45(36,37)8-44(34,35)10-2-4-11(5-3-10)47(40,41)42/h1-7H,8H2,(H,40,41,42). The third-order valence-corrected chi connectivity index (χ3v) is 12.6. The third-order valence-electron chi connectivity index (χ3n) is 5.42. The lowest BCUT2D eigenvalue weighted by Gasteiger charge is -2.37. The Morgan fingerprint density at radius 1 is 0.596 bits per heavy atom. The smallest absolute Gasteiger partial charge is 0.282 e. The van der Waals surface area contributed by atoms with E-state index in [1.807, 2.05) is 0 Å². The van der Waals surface area contributed by atoms with Crippen molar-refractivity contribution in [3.63, 3.8) is 0 Å². The highest BCUT2D eigenvalue weighted by Crippen LogP contribution is 2.56. The van der Waals surface area contributed by atoms with Crippen LogP contribution >= 0.6 is 0 Å². The molecule has 0 spiro atoms. The average Bonchev–Trinajstić information content (AvgIpc) is 2.86. The van der Waals surface area contributed by atoms with Crippen LogP contribution < -0.4 is 0 Å². The molecule has 0 aliphatic carbocycles. The van der Waals surface area contributed by atoms with Crippen molar-refractivity contribution < 1.29 is 104 Å². The summed E-state index contributed by atoms with van der Waals surface area (Å²) in [6.45, 7) is 0. The van der Waals surface area contributed by atoms with Crippen molar-refractivity contribution >= 4 is 39.6 Å². The summed E-state index contributed by atoms with van der Waals surface area (Å²) in [7, 11) is -26.3. The van der Waals surface area contributed by atoms with Gasteiger partial charge in [-0.2, -0.15) is 61.1 Å². The van der Waals surface area contributed by atoms with Crippen molar-refractivity contribution in [3.05, 3.63) is 54.1 Å². The molecule has 2 rings (SSSR count). The molecular weight excluding hydrogens is 782 g/mol. The van der Waals surface area contributed by atoms with Crippen molar-refractivity contribution in [2.24, 2.45) is 0 Å². The van der Waals surface area contributed by atoms with Gasteiger partial charge in [0.25, 0.3) is 20.0 Å². The summed E-state index contributed by atoms with van der Waals surface area (Å²) in [5.74, 6) is -20.6. The SMILES string of the molecule is O=S(=O)(O)c1ccc(S(=O)(=O)CS(=O)(=O)C(F)(F)C(F)(F)C(F)(F)OC(F)(F)C(F)(F)C(F)(F)S(=O)(=O)c2ccc(F)cc2F)cc1. The van der Waals surface area contributed by atoms with Gasteiger partial charge in [-0.25, -0.2) is 38.8 Å². The minimum Gasteiger partial charge on any atom is -0.282 e. The Balaban J connectivity index is 2.53. The Hall–Kier alpha value is -2.82. The molecule has 0 fully saturated rings. The number of benzene rings is 2. The predicted octanol–water partition coefficient (Wildman–Crippen LogP) is 4.49. The minimum absolute atomic E-state index is 0.0522. The second kappa shape index (κ2) is 11.7. The maximum Gasteiger partial charge on any atom is 0.431 e. The largest absolute Gasteiger partial charge is 0.431 e. The molecule has 0 amide bonds. The highest BCUT2D eigenvalue weighted by atomic mass is 32.3. The fourth-order valence-electron chi connectivity index (χ4n) is 2.99. The van der Waals surface area contributed by atoms with Gasteiger partial charge in [0.1, 0.15) is 16.5 Å². The monoisotopic (exact) mass is 792 g/mol. The van der Waals surface area contributed by atoms with Crippen molar-refractivity contribution in [2.75, 3.05) is 5.08 Å². The maximum atomic E-state index is 14.3. The summed E-state index contributed by atoms with van der Waals surface area (Å²) in [5.41, 5.74) is 0. The highest BCUT2D eigenvalue weighted by Gasteiger charge is 2.85. The molecule has 0 radical (unpaired) electrons. The van der Waals surface area contributed by atoms with Gasteiger partial charge in [0.2, 0.25) is 9.84 Å². The Morgan fingerprint density at radius 2 is 1.00 bits per heavy atom. The summed E-state index contributed by atoms with van der Waals surface area (Å²) >= 11 is 0. The molecule has 0 bridgehead atoms. The fraction of sp³-hybridized carbons (Fsp3) is 0.368. The molecule has 0 aliphatic heterocycles. The lowest BCUT2D eigenvalue weighted by molar-refractivity contribution is -0.490. The Labute approximate surface area is 252 Å². The van der Waals surface area contributed by atoms with Crippen LogP contribution in [0.4, 0.5) is 61.5 Å². The van der Waals surface area contributed by atoms with Crippen LogP contribution in [0.3, 0.4) is 0 Å². The lowest BCUT2D eigenvalue weighted by atomic mass is 10.3. The number of alkyl halides is 12. The zero-order valence-corrected chi connectivity index (χ0v) is 24.6. The molecule has 0 unspecified atom stereocenters. The zero-order chi connectivity index (χ0) is 37.3. The van der Waals surface area contributed by atoms with Gasteiger partial charge in [-0.1, -0.05) is 0 Å². The topological polar surface area (TPSA) is 166 Å². The molecule has 47 heavy (non-hydrogen) atoms. The third kappa shape index (κ3) is 6.75. The molecular formula is C19H10F14O10S4. The molecule has 268 valence electrons. The van der Waals surface area contributed by atoms with Crippen LogP contribution in [-0.4, -0.2) is 77.9 Å². The van der Waals surface area contributed by atoms with E-state index in [0.717, 1.165) is 0 Å². The van der Waals surface area contributed by atoms with Gasteiger partial charge in [0.15, 0.2) is 14.9 Å². The van der Waals surface area contributed by atoms with Gasteiger partial charge < -0.3 is 0 Å². The van der Waals surface area contributed by atoms with Crippen LogP contribution in [0.15, 0.2) is 57.2 Å². The second-order valence-electron chi connectivity index (χ2n) is 8.69. The number of hydrogen-bond donors (Lipinski definition) is 1. The molecule has 0 atom stereocenters. The Morgan fingerprint density at radius 3 is 1.40 bits per heavy atom. The first kappa shape index (κ1) is 40.4. The van der Waals surface area contributed by atoms with E-state index < -0.39 is 118 Å². The van der Waals surface area contributed by atoms with E-state index in [0.29, 0.717) is 0 Å². The van der Waals surface area contributed by atoms with E-state index in [1.165, 1.54) is 4.74 Å². The van der Waals surface area contributed by atoms with Crippen LogP contribution in [0.1, 0.15) is 0 Å². The molecule has 0 saturated carbocycles. The highest BCUT2D eigenvalue weighted by molar-refractivity contribution is 8.08. The van der Waals surface area contributed by atoms with Crippen LogP contribution in [0.2, 0.25) is 0 Å². The number of halogens is 14. The molecule has 10 nitrogen and oxygen atoms in total. The van der Waals surface area contributed by atoms with Crippen LogP contribution in [0, 0.1) is 11.6 Å². The lowest BCUT2D eigenvalue weighted by Crippen LogP contribution is -2.65. The van der Waals surface area contributed by atoms with E-state index in [1.54, 1.807) is 0 Å². The summed E-state index contributed by atoms with van der Waals surface area (Å²) < 4.78 is 300. The summed E-state index contributed by atoms with van der Waals surface area (Å²) in [6, 6.07) is -0.910. The first-order chi connectivity index (χ1) is 20.5. The molecule has 0 heterocycles. The van der Waals surface area contributed by atoms with Gasteiger partial charge in [-0.15, -0.1) is 0 Å². The van der Waals surface area contributed by atoms with Gasteiger partial charge in [0, 0.05) is 6.07 Å². The molecule has 2 aromatic carbocycles. The number of hydrogen-bond acceptors (Lipinski definition) is 9. The average molecular weight is 793 g/mol. The van der Waals surface area contributed by atoms with E-state index in [9.17, 15) is 95.1 Å².